The van der Waals surface area contributed by atoms with Gasteiger partial charge in [0.1, 0.15) is 11.5 Å². The van der Waals surface area contributed by atoms with Crippen LogP contribution in [0.1, 0.15) is 22.7 Å². The molecule has 3 aromatic carbocycles. The Morgan fingerprint density at radius 2 is 1.68 bits per heavy atom. The average Bonchev–Trinajstić information content (AvgIpc) is 3.32. The largest absolute Gasteiger partial charge is 0.507 e. The van der Waals surface area contributed by atoms with Crippen molar-refractivity contribution in [1.82, 2.24) is 4.57 Å². The number of hydrogen-bond donors (Lipinski definition) is 1. The number of carbonyl (C=O) groups excluding carboxylic acids is 2. The topological polar surface area (TPSA) is 71.8 Å². The van der Waals surface area contributed by atoms with Crippen LogP contribution in [0, 0.1) is 6.92 Å². The van der Waals surface area contributed by atoms with Gasteiger partial charge < -0.3 is 14.4 Å². The van der Waals surface area contributed by atoms with Crippen molar-refractivity contribution in [2.24, 2.45) is 7.05 Å². The van der Waals surface area contributed by atoms with Crippen molar-refractivity contribution in [3.8, 4) is 5.75 Å². The highest BCUT2D eigenvalue weighted by atomic mass is 16.5. The number of benzene rings is 3. The fraction of sp³-hybridized carbons (Fsp3) is 0.143. The number of methoxy groups -OCH3 is 1. The highest BCUT2D eigenvalue weighted by Gasteiger charge is 2.48. The van der Waals surface area contributed by atoms with Gasteiger partial charge in [0.25, 0.3) is 11.7 Å². The van der Waals surface area contributed by atoms with Gasteiger partial charge in [-0.15, -0.1) is 0 Å². The van der Waals surface area contributed by atoms with Crippen molar-refractivity contribution in [3.63, 3.8) is 0 Å². The maximum Gasteiger partial charge on any atom is 0.300 e. The zero-order valence-electron chi connectivity index (χ0n) is 19.1. The van der Waals surface area contributed by atoms with Crippen LogP contribution in [0.3, 0.4) is 0 Å². The van der Waals surface area contributed by atoms with Crippen LogP contribution in [-0.2, 0) is 16.6 Å². The van der Waals surface area contributed by atoms with Crippen molar-refractivity contribution in [2.45, 2.75) is 13.0 Å². The number of Topliss-reactive ketones (excluding diaryl/α,β-unsaturated/α-hetero) is 1. The van der Waals surface area contributed by atoms with Gasteiger partial charge in [0.2, 0.25) is 0 Å². The third kappa shape index (κ3) is 3.27. The first-order valence-electron chi connectivity index (χ1n) is 11.0. The molecule has 1 saturated heterocycles. The molecule has 1 aromatic heterocycles. The predicted molar refractivity (Wildman–Crippen MR) is 132 cm³/mol. The van der Waals surface area contributed by atoms with Crippen molar-refractivity contribution in [3.05, 3.63) is 101 Å². The molecule has 1 N–H and O–H groups in total. The molecule has 0 spiro atoms. The minimum atomic E-state index is -0.782. The number of ketones is 1. The molecule has 4 aromatic rings. The molecule has 1 aliphatic rings. The number of aliphatic hydroxyl groups is 1. The molecule has 0 aliphatic carbocycles. The summed E-state index contributed by atoms with van der Waals surface area (Å²) in [7, 11) is 3.49. The van der Waals surface area contributed by atoms with Gasteiger partial charge in [0.15, 0.2) is 0 Å². The van der Waals surface area contributed by atoms with Crippen molar-refractivity contribution >= 4 is 34.0 Å². The molecule has 1 fully saturated rings. The number of aliphatic hydroxyl groups excluding tert-OH is 1. The predicted octanol–water partition coefficient (Wildman–Crippen LogP) is 5.12. The van der Waals surface area contributed by atoms with Gasteiger partial charge in [-0.05, 0) is 48.9 Å². The van der Waals surface area contributed by atoms with Crippen LogP contribution in [0.25, 0.3) is 16.7 Å². The number of fused-ring (bicyclic) bond motifs is 1. The van der Waals surface area contributed by atoms with Gasteiger partial charge in [-0.1, -0.05) is 36.4 Å². The van der Waals surface area contributed by atoms with Crippen molar-refractivity contribution in [2.75, 3.05) is 12.0 Å². The lowest BCUT2D eigenvalue weighted by molar-refractivity contribution is -0.132. The van der Waals surface area contributed by atoms with Gasteiger partial charge in [-0.3, -0.25) is 14.5 Å². The number of anilines is 1. The molecule has 170 valence electrons. The Kier molecular flexibility index (Phi) is 5.21. The second-order valence-corrected chi connectivity index (χ2v) is 8.40. The van der Waals surface area contributed by atoms with Crippen LogP contribution >= 0.6 is 0 Å². The van der Waals surface area contributed by atoms with Gasteiger partial charge in [0, 0.05) is 41.0 Å². The Hall–Kier alpha value is -4.32. The monoisotopic (exact) mass is 452 g/mol. The first-order chi connectivity index (χ1) is 16.4. The summed E-state index contributed by atoms with van der Waals surface area (Å²) < 4.78 is 7.25. The number of ether oxygens (including phenoxy) is 1. The summed E-state index contributed by atoms with van der Waals surface area (Å²) >= 11 is 0. The summed E-state index contributed by atoms with van der Waals surface area (Å²) in [6.45, 7) is 1.83. The lowest BCUT2D eigenvalue weighted by atomic mass is 9.93. The SMILES string of the molecule is COc1ccc(/C(O)=C2\C(=O)C(=O)N(c3ccccc3)C2c2cn(C)c3ccccc23)c(C)c1. The molecule has 1 unspecified atom stereocenters. The minimum absolute atomic E-state index is 0.0680. The maximum absolute atomic E-state index is 13.4. The Morgan fingerprint density at radius 1 is 0.971 bits per heavy atom. The normalized spacial score (nSPS) is 17.5. The molecule has 1 atom stereocenters. The Balaban J connectivity index is 1.80. The molecular weight excluding hydrogens is 428 g/mol. The second-order valence-electron chi connectivity index (χ2n) is 8.40. The van der Waals surface area contributed by atoms with E-state index < -0.39 is 17.7 Å². The van der Waals surface area contributed by atoms with E-state index in [0.717, 1.165) is 22.0 Å². The Morgan fingerprint density at radius 3 is 2.38 bits per heavy atom. The van der Waals surface area contributed by atoms with Gasteiger partial charge in [-0.25, -0.2) is 0 Å². The smallest absolute Gasteiger partial charge is 0.300 e. The maximum atomic E-state index is 13.4. The van der Waals surface area contributed by atoms with E-state index >= 15 is 0 Å². The lowest BCUT2D eigenvalue weighted by Gasteiger charge is -2.25. The number of rotatable bonds is 4. The molecule has 1 aliphatic heterocycles. The zero-order chi connectivity index (χ0) is 24.0. The van der Waals surface area contributed by atoms with Crippen LogP contribution in [0.15, 0.2) is 84.6 Å². The molecule has 2 heterocycles. The number of hydrogen-bond acceptors (Lipinski definition) is 4. The summed E-state index contributed by atoms with van der Waals surface area (Å²) in [4.78, 5) is 28.3. The van der Waals surface area contributed by atoms with Gasteiger partial charge >= 0.3 is 0 Å². The standard InChI is InChI=1S/C28H24N2O4/c1-17-15-19(34-3)13-14-20(17)26(31)24-25(22-16-29(2)23-12-8-7-11-21(22)23)30(28(33)27(24)32)18-9-5-4-6-10-18/h4-16,25,31H,1-3H3/b26-24+. The zero-order valence-corrected chi connectivity index (χ0v) is 19.1. The van der Waals surface area contributed by atoms with E-state index in [1.54, 1.807) is 37.4 Å². The van der Waals surface area contributed by atoms with E-state index in [2.05, 4.69) is 0 Å². The average molecular weight is 453 g/mol. The summed E-state index contributed by atoms with van der Waals surface area (Å²) in [5.74, 6) is -0.939. The number of aryl methyl sites for hydroxylation is 2. The minimum Gasteiger partial charge on any atom is -0.507 e. The van der Waals surface area contributed by atoms with E-state index in [0.29, 0.717) is 17.0 Å². The number of carbonyl (C=O) groups is 2. The number of para-hydroxylation sites is 2. The highest BCUT2D eigenvalue weighted by molar-refractivity contribution is 6.52. The van der Waals surface area contributed by atoms with Gasteiger partial charge in [-0.2, -0.15) is 0 Å². The number of nitrogens with zero attached hydrogens (tertiary/aromatic N) is 2. The molecular formula is C28H24N2O4. The van der Waals surface area contributed by atoms with Crippen LogP contribution < -0.4 is 9.64 Å². The quantitative estimate of drug-likeness (QED) is 0.265. The molecule has 6 heteroatoms. The van der Waals surface area contributed by atoms with E-state index in [1.807, 2.05) is 67.2 Å². The number of aromatic nitrogens is 1. The Labute approximate surface area is 197 Å². The summed E-state index contributed by atoms with van der Waals surface area (Å²) in [6.07, 6.45) is 1.92. The van der Waals surface area contributed by atoms with E-state index in [-0.39, 0.29) is 11.3 Å². The second kappa shape index (κ2) is 8.23. The first-order valence-corrected chi connectivity index (χ1v) is 11.0. The van der Waals surface area contributed by atoms with Crippen molar-refractivity contribution < 1.29 is 19.4 Å². The van der Waals surface area contributed by atoms with Crippen LogP contribution in [-0.4, -0.2) is 28.5 Å². The third-order valence-corrected chi connectivity index (χ3v) is 6.39. The van der Waals surface area contributed by atoms with E-state index in [9.17, 15) is 14.7 Å². The third-order valence-electron chi connectivity index (χ3n) is 6.39. The Bertz CT molecular complexity index is 1470. The summed E-state index contributed by atoms with van der Waals surface area (Å²) in [6, 6.07) is 21.3. The van der Waals surface area contributed by atoms with E-state index in [4.69, 9.17) is 4.74 Å². The van der Waals surface area contributed by atoms with Crippen molar-refractivity contribution in [1.29, 1.82) is 0 Å². The molecule has 0 bridgehead atoms. The molecule has 34 heavy (non-hydrogen) atoms. The van der Waals surface area contributed by atoms with Crippen LogP contribution in [0.2, 0.25) is 0 Å². The molecule has 6 nitrogen and oxygen atoms in total. The number of amides is 1. The molecule has 5 rings (SSSR count). The summed E-state index contributed by atoms with van der Waals surface area (Å²) in [5, 5.41) is 12.4. The summed E-state index contributed by atoms with van der Waals surface area (Å²) in [5.41, 5.74) is 3.62. The molecule has 0 saturated carbocycles. The van der Waals surface area contributed by atoms with E-state index in [1.165, 1.54) is 4.90 Å². The first kappa shape index (κ1) is 21.5. The molecule has 1 amide bonds. The highest BCUT2D eigenvalue weighted by Crippen LogP contribution is 2.45. The van der Waals surface area contributed by atoms with Gasteiger partial charge in [0.05, 0.1) is 18.7 Å². The lowest BCUT2D eigenvalue weighted by Crippen LogP contribution is -2.29. The molecule has 0 radical (unpaired) electrons. The van der Waals surface area contributed by atoms with Crippen LogP contribution in [0.5, 0.6) is 5.75 Å². The fourth-order valence-electron chi connectivity index (χ4n) is 4.75. The van der Waals surface area contributed by atoms with Crippen LogP contribution in [0.4, 0.5) is 5.69 Å². The fourth-order valence-corrected chi connectivity index (χ4v) is 4.75.